The van der Waals surface area contributed by atoms with Crippen LogP contribution in [0.15, 0.2) is 60.7 Å². The van der Waals surface area contributed by atoms with E-state index in [-0.39, 0.29) is 6.09 Å². The molecule has 1 aromatic heterocycles. The Kier molecular flexibility index (Phi) is 3.89. The van der Waals surface area contributed by atoms with Crippen LogP contribution in [0.1, 0.15) is 17.7 Å². The van der Waals surface area contributed by atoms with Crippen LogP contribution in [0.2, 0.25) is 0 Å². The number of carbonyl (C=O) groups is 1. The molecule has 0 spiro atoms. The predicted molar refractivity (Wildman–Crippen MR) is 106 cm³/mol. The molecule has 134 valence electrons. The van der Waals surface area contributed by atoms with E-state index in [1.807, 2.05) is 24.3 Å². The zero-order chi connectivity index (χ0) is 18.2. The lowest BCUT2D eigenvalue weighted by Crippen LogP contribution is -2.26. The molecule has 2 aromatic carbocycles. The summed E-state index contributed by atoms with van der Waals surface area (Å²) in [6.07, 6.45) is 2.78. The number of ether oxygens (including phenoxy) is 1. The lowest BCUT2D eigenvalue weighted by Gasteiger charge is -2.23. The van der Waals surface area contributed by atoms with Crippen LogP contribution in [0.4, 0.5) is 10.6 Å². The summed E-state index contributed by atoms with van der Waals surface area (Å²) in [5, 5.41) is 0. The maximum atomic E-state index is 12.4. The molecule has 27 heavy (non-hydrogen) atoms. The molecule has 4 nitrogen and oxygen atoms in total. The van der Waals surface area contributed by atoms with E-state index in [9.17, 15) is 4.79 Å². The molecule has 0 atom stereocenters. The van der Waals surface area contributed by atoms with Crippen LogP contribution in [0, 0.1) is 0 Å². The summed E-state index contributed by atoms with van der Waals surface area (Å²) < 4.78 is 5.22. The van der Waals surface area contributed by atoms with Crippen molar-refractivity contribution in [1.82, 2.24) is 4.98 Å². The van der Waals surface area contributed by atoms with E-state index in [2.05, 4.69) is 36.4 Å². The summed E-state index contributed by atoms with van der Waals surface area (Å²) in [7, 11) is 0. The summed E-state index contributed by atoms with van der Waals surface area (Å²) in [6.45, 7) is 0.950. The number of anilines is 1. The van der Waals surface area contributed by atoms with Gasteiger partial charge in [0, 0.05) is 11.3 Å². The molecule has 0 N–H and O–H groups in total. The maximum absolute atomic E-state index is 12.4. The van der Waals surface area contributed by atoms with Crippen molar-refractivity contribution in [1.29, 1.82) is 0 Å². The van der Waals surface area contributed by atoms with Crippen molar-refractivity contribution in [2.45, 2.75) is 19.3 Å². The van der Waals surface area contributed by atoms with Crippen LogP contribution in [0.5, 0.6) is 0 Å². The van der Waals surface area contributed by atoms with E-state index in [0.29, 0.717) is 13.2 Å². The van der Waals surface area contributed by atoms with Gasteiger partial charge in [0.15, 0.2) is 0 Å². The summed E-state index contributed by atoms with van der Waals surface area (Å²) in [5.41, 5.74) is 6.92. The third kappa shape index (κ3) is 2.69. The number of nitrogens with zero attached hydrogens (tertiary/aromatic N) is 2. The molecule has 1 fully saturated rings. The second-order valence-corrected chi connectivity index (χ2v) is 6.96. The van der Waals surface area contributed by atoms with E-state index in [1.165, 1.54) is 16.7 Å². The third-order valence-electron chi connectivity index (χ3n) is 5.35. The van der Waals surface area contributed by atoms with Crippen LogP contribution in [0.25, 0.3) is 22.3 Å². The number of rotatable bonds is 3. The van der Waals surface area contributed by atoms with Crippen LogP contribution in [-0.4, -0.2) is 24.2 Å². The van der Waals surface area contributed by atoms with Crippen molar-refractivity contribution >= 4 is 11.9 Å². The van der Waals surface area contributed by atoms with Crippen LogP contribution >= 0.6 is 0 Å². The van der Waals surface area contributed by atoms with Gasteiger partial charge >= 0.3 is 6.09 Å². The second-order valence-electron chi connectivity index (χ2n) is 6.96. The molecule has 0 radical (unpaired) electrons. The van der Waals surface area contributed by atoms with Crippen molar-refractivity contribution in [3.8, 4) is 22.3 Å². The Balaban J connectivity index is 1.85. The van der Waals surface area contributed by atoms with Gasteiger partial charge in [-0.25, -0.2) is 9.78 Å². The van der Waals surface area contributed by atoms with Gasteiger partial charge in [-0.15, -0.1) is 0 Å². The molecule has 1 aliphatic carbocycles. The van der Waals surface area contributed by atoms with E-state index in [0.717, 1.165) is 41.9 Å². The first kappa shape index (κ1) is 16.1. The molecule has 4 heteroatoms. The monoisotopic (exact) mass is 356 g/mol. The number of amides is 1. The minimum absolute atomic E-state index is 0.309. The topological polar surface area (TPSA) is 42.4 Å². The van der Waals surface area contributed by atoms with Gasteiger partial charge in [0.05, 0.1) is 6.54 Å². The van der Waals surface area contributed by atoms with Gasteiger partial charge in [-0.2, -0.15) is 0 Å². The molecule has 0 saturated carbocycles. The van der Waals surface area contributed by atoms with Crippen molar-refractivity contribution < 1.29 is 9.53 Å². The zero-order valence-corrected chi connectivity index (χ0v) is 15.0. The average Bonchev–Trinajstić information content (AvgIpc) is 3.36. The summed E-state index contributed by atoms with van der Waals surface area (Å²) in [5.74, 6) is 0.725. The Morgan fingerprint density at radius 2 is 1.52 bits per heavy atom. The number of benzene rings is 2. The first-order chi connectivity index (χ1) is 13.3. The molecule has 1 saturated heterocycles. The highest BCUT2D eigenvalue weighted by Crippen LogP contribution is 2.44. The van der Waals surface area contributed by atoms with Crippen molar-refractivity contribution in [2.24, 2.45) is 0 Å². The first-order valence-corrected chi connectivity index (χ1v) is 9.44. The molecule has 1 aliphatic heterocycles. The van der Waals surface area contributed by atoms with Crippen molar-refractivity contribution in [3.05, 3.63) is 71.9 Å². The van der Waals surface area contributed by atoms with Crippen LogP contribution < -0.4 is 4.90 Å². The SMILES string of the molecule is O=C1OCCN1c1nc2c(c(-c3ccccc3)c1-c1ccccc1)CCC2. The Labute approximate surface area is 158 Å². The standard InChI is InChI=1S/C23H20N2O2/c26-23-25(14-15-27-23)22-21(17-10-5-2-6-11-17)20(16-8-3-1-4-9-16)18-12-7-13-19(18)24-22/h1-6,8-11H,7,12-15H2. The number of hydrogen-bond donors (Lipinski definition) is 0. The minimum Gasteiger partial charge on any atom is -0.447 e. The molecule has 2 aliphatic rings. The van der Waals surface area contributed by atoms with Gasteiger partial charge in [0.25, 0.3) is 0 Å². The summed E-state index contributed by atoms with van der Waals surface area (Å²) in [6, 6.07) is 20.7. The van der Waals surface area contributed by atoms with Crippen molar-refractivity contribution in [2.75, 3.05) is 18.1 Å². The van der Waals surface area contributed by atoms with E-state index in [4.69, 9.17) is 9.72 Å². The number of aryl methyl sites for hydroxylation is 1. The Bertz CT molecular complexity index is 1000. The summed E-state index contributed by atoms with van der Waals surface area (Å²) >= 11 is 0. The summed E-state index contributed by atoms with van der Waals surface area (Å²) in [4.78, 5) is 19.0. The van der Waals surface area contributed by atoms with Gasteiger partial charge in [0.1, 0.15) is 12.4 Å². The van der Waals surface area contributed by atoms with Gasteiger partial charge in [0.2, 0.25) is 0 Å². The molecule has 2 heterocycles. The predicted octanol–water partition coefficient (Wildman–Crippen LogP) is 4.86. The van der Waals surface area contributed by atoms with E-state index >= 15 is 0 Å². The van der Waals surface area contributed by atoms with E-state index < -0.39 is 0 Å². The van der Waals surface area contributed by atoms with Gasteiger partial charge in [-0.3, -0.25) is 4.90 Å². The lowest BCUT2D eigenvalue weighted by atomic mass is 9.90. The van der Waals surface area contributed by atoms with Crippen molar-refractivity contribution in [3.63, 3.8) is 0 Å². The first-order valence-electron chi connectivity index (χ1n) is 9.44. The lowest BCUT2D eigenvalue weighted by molar-refractivity contribution is 0.181. The molecular formula is C23H20N2O2. The highest BCUT2D eigenvalue weighted by atomic mass is 16.6. The Morgan fingerprint density at radius 1 is 0.852 bits per heavy atom. The van der Waals surface area contributed by atoms with E-state index in [1.54, 1.807) is 4.90 Å². The number of aromatic nitrogens is 1. The highest BCUT2D eigenvalue weighted by Gasteiger charge is 2.32. The molecular weight excluding hydrogens is 336 g/mol. The fourth-order valence-electron chi connectivity index (χ4n) is 4.15. The number of carbonyl (C=O) groups excluding carboxylic acids is 1. The number of pyridine rings is 1. The zero-order valence-electron chi connectivity index (χ0n) is 15.0. The second kappa shape index (κ2) is 6.54. The van der Waals surface area contributed by atoms with Crippen LogP contribution in [-0.2, 0) is 17.6 Å². The van der Waals surface area contributed by atoms with Gasteiger partial charge in [-0.1, -0.05) is 60.7 Å². The number of hydrogen-bond acceptors (Lipinski definition) is 3. The molecule has 1 amide bonds. The minimum atomic E-state index is -0.309. The van der Waals surface area contributed by atoms with Crippen LogP contribution in [0.3, 0.4) is 0 Å². The average molecular weight is 356 g/mol. The Hall–Kier alpha value is -3.14. The maximum Gasteiger partial charge on any atom is 0.415 e. The fraction of sp³-hybridized carbons (Fsp3) is 0.217. The Morgan fingerprint density at radius 3 is 2.15 bits per heavy atom. The highest BCUT2D eigenvalue weighted by molar-refractivity contribution is 5.99. The number of fused-ring (bicyclic) bond motifs is 1. The normalized spacial score (nSPS) is 15.7. The number of cyclic esters (lactones) is 1. The smallest absolute Gasteiger partial charge is 0.415 e. The third-order valence-corrected chi connectivity index (χ3v) is 5.35. The molecule has 5 rings (SSSR count). The van der Waals surface area contributed by atoms with Gasteiger partial charge in [-0.05, 0) is 41.5 Å². The fourth-order valence-corrected chi connectivity index (χ4v) is 4.15. The molecule has 0 bridgehead atoms. The quantitative estimate of drug-likeness (QED) is 0.673. The largest absolute Gasteiger partial charge is 0.447 e. The van der Waals surface area contributed by atoms with Gasteiger partial charge < -0.3 is 4.74 Å². The molecule has 3 aromatic rings. The molecule has 0 unspecified atom stereocenters.